The van der Waals surface area contributed by atoms with Gasteiger partial charge < -0.3 is 5.32 Å². The van der Waals surface area contributed by atoms with Gasteiger partial charge in [0.1, 0.15) is 0 Å². The van der Waals surface area contributed by atoms with E-state index in [2.05, 4.69) is 57.2 Å². The molecule has 0 radical (unpaired) electrons. The van der Waals surface area contributed by atoms with Gasteiger partial charge in [-0.2, -0.15) is 0 Å². The highest BCUT2D eigenvalue weighted by atomic mass is 32.1. The van der Waals surface area contributed by atoms with Crippen LogP contribution in [0.25, 0.3) is 0 Å². The highest BCUT2D eigenvalue weighted by molar-refractivity contribution is 7.12. The van der Waals surface area contributed by atoms with Crippen LogP contribution in [0.15, 0.2) is 5.38 Å². The van der Waals surface area contributed by atoms with Crippen LogP contribution < -0.4 is 5.32 Å². The van der Waals surface area contributed by atoms with Gasteiger partial charge in [-0.05, 0) is 20.8 Å². The molecule has 0 aliphatic rings. The summed E-state index contributed by atoms with van der Waals surface area (Å²) in [6.45, 7) is 14.0. The van der Waals surface area contributed by atoms with Crippen molar-refractivity contribution in [3.05, 3.63) is 31.7 Å². The van der Waals surface area contributed by atoms with Gasteiger partial charge in [-0.25, -0.2) is 9.97 Å². The molecule has 116 valence electrons. The van der Waals surface area contributed by atoms with E-state index in [-0.39, 0.29) is 5.41 Å². The number of nitrogens with one attached hydrogen (secondary N) is 1. The van der Waals surface area contributed by atoms with Crippen molar-refractivity contribution in [1.29, 1.82) is 0 Å². The number of rotatable bonds is 5. The standard InChI is InChI=1S/C16H25N3S2/c1-10(17-8-7-13-9-20-12(3)19-13)14-11(2)18-15(21-14)16(4,5)6/h9-10,17H,7-8H2,1-6H3. The smallest absolute Gasteiger partial charge is 0.0985 e. The van der Waals surface area contributed by atoms with Gasteiger partial charge in [-0.15, -0.1) is 22.7 Å². The molecular formula is C16H25N3S2. The predicted molar refractivity (Wildman–Crippen MR) is 92.5 cm³/mol. The molecule has 0 fully saturated rings. The summed E-state index contributed by atoms with van der Waals surface area (Å²) >= 11 is 3.56. The van der Waals surface area contributed by atoms with Crippen molar-refractivity contribution in [3.8, 4) is 0 Å². The van der Waals surface area contributed by atoms with Gasteiger partial charge >= 0.3 is 0 Å². The summed E-state index contributed by atoms with van der Waals surface area (Å²) in [7, 11) is 0. The third-order valence-electron chi connectivity index (χ3n) is 3.37. The quantitative estimate of drug-likeness (QED) is 0.886. The van der Waals surface area contributed by atoms with Crippen LogP contribution in [-0.2, 0) is 11.8 Å². The van der Waals surface area contributed by atoms with Gasteiger partial charge in [-0.1, -0.05) is 20.8 Å². The first-order valence-corrected chi connectivity index (χ1v) is 9.09. The predicted octanol–water partition coefficient (Wildman–Crippen LogP) is 4.41. The Morgan fingerprint density at radius 3 is 2.48 bits per heavy atom. The molecule has 2 heterocycles. The van der Waals surface area contributed by atoms with E-state index in [4.69, 9.17) is 4.98 Å². The second-order valence-electron chi connectivity index (χ2n) is 6.50. The SMILES string of the molecule is Cc1nc(CCNC(C)c2sc(C(C)(C)C)nc2C)cs1. The summed E-state index contributed by atoms with van der Waals surface area (Å²) in [5.41, 5.74) is 2.48. The van der Waals surface area contributed by atoms with Crippen LogP contribution in [0, 0.1) is 13.8 Å². The number of hydrogen-bond acceptors (Lipinski definition) is 5. The molecule has 5 heteroatoms. The normalized spacial score (nSPS) is 13.6. The Bertz CT molecular complexity index is 593. The molecule has 0 saturated carbocycles. The first kappa shape index (κ1) is 16.6. The van der Waals surface area contributed by atoms with E-state index in [1.54, 1.807) is 11.3 Å². The van der Waals surface area contributed by atoms with Crippen molar-refractivity contribution in [3.63, 3.8) is 0 Å². The lowest BCUT2D eigenvalue weighted by atomic mass is 9.98. The van der Waals surface area contributed by atoms with Crippen LogP contribution in [0.1, 0.15) is 60.0 Å². The second kappa shape index (κ2) is 6.55. The lowest BCUT2D eigenvalue weighted by Gasteiger charge is -2.14. The van der Waals surface area contributed by atoms with E-state index in [9.17, 15) is 0 Å². The maximum absolute atomic E-state index is 4.74. The number of nitrogens with zero attached hydrogens (tertiary/aromatic N) is 2. The van der Waals surface area contributed by atoms with Crippen LogP contribution in [0.2, 0.25) is 0 Å². The van der Waals surface area contributed by atoms with E-state index in [1.165, 1.54) is 15.6 Å². The first-order chi connectivity index (χ1) is 9.77. The number of hydrogen-bond donors (Lipinski definition) is 1. The minimum absolute atomic E-state index is 0.130. The minimum Gasteiger partial charge on any atom is -0.309 e. The van der Waals surface area contributed by atoms with Crippen molar-refractivity contribution in [2.24, 2.45) is 0 Å². The van der Waals surface area contributed by atoms with Crippen LogP contribution in [0.3, 0.4) is 0 Å². The first-order valence-electron chi connectivity index (χ1n) is 7.39. The number of aromatic nitrogens is 2. The molecule has 21 heavy (non-hydrogen) atoms. The zero-order chi connectivity index (χ0) is 15.6. The van der Waals surface area contributed by atoms with E-state index in [1.807, 2.05) is 11.3 Å². The molecule has 1 unspecified atom stereocenters. The van der Waals surface area contributed by atoms with Crippen molar-refractivity contribution in [2.75, 3.05) is 6.54 Å². The summed E-state index contributed by atoms with van der Waals surface area (Å²) in [6, 6.07) is 0.346. The molecule has 0 aromatic carbocycles. The summed E-state index contributed by atoms with van der Waals surface area (Å²) < 4.78 is 0. The zero-order valence-electron chi connectivity index (χ0n) is 13.8. The van der Waals surface area contributed by atoms with Crippen molar-refractivity contribution in [2.45, 2.75) is 59.4 Å². The summed E-state index contributed by atoms with van der Waals surface area (Å²) in [5.74, 6) is 0. The molecule has 2 aromatic rings. The fraction of sp³-hybridized carbons (Fsp3) is 0.625. The maximum Gasteiger partial charge on any atom is 0.0985 e. The van der Waals surface area contributed by atoms with Crippen LogP contribution in [0.4, 0.5) is 0 Å². The molecule has 3 nitrogen and oxygen atoms in total. The Hall–Kier alpha value is -0.780. The Morgan fingerprint density at radius 2 is 1.95 bits per heavy atom. The van der Waals surface area contributed by atoms with Crippen molar-refractivity contribution < 1.29 is 0 Å². The van der Waals surface area contributed by atoms with E-state index in [0.29, 0.717) is 6.04 Å². The average Bonchev–Trinajstić information content (AvgIpc) is 2.95. The van der Waals surface area contributed by atoms with Crippen LogP contribution >= 0.6 is 22.7 Å². The molecule has 0 aliphatic heterocycles. The molecule has 0 bridgehead atoms. The lowest BCUT2D eigenvalue weighted by Crippen LogP contribution is -2.21. The van der Waals surface area contributed by atoms with Crippen LogP contribution in [0.5, 0.6) is 0 Å². The number of aryl methyl sites for hydroxylation is 2. The van der Waals surface area contributed by atoms with Gasteiger partial charge in [-0.3, -0.25) is 0 Å². The largest absolute Gasteiger partial charge is 0.309 e. The monoisotopic (exact) mass is 323 g/mol. The van der Waals surface area contributed by atoms with E-state index < -0.39 is 0 Å². The zero-order valence-corrected chi connectivity index (χ0v) is 15.4. The molecule has 0 spiro atoms. The molecule has 0 amide bonds. The Balaban J connectivity index is 1.94. The fourth-order valence-corrected chi connectivity index (χ4v) is 3.96. The average molecular weight is 324 g/mol. The highest BCUT2D eigenvalue weighted by Crippen LogP contribution is 2.32. The third kappa shape index (κ3) is 4.34. The van der Waals surface area contributed by atoms with Crippen molar-refractivity contribution in [1.82, 2.24) is 15.3 Å². The van der Waals surface area contributed by atoms with Gasteiger partial charge in [0, 0.05) is 34.7 Å². The molecular weight excluding hydrogens is 298 g/mol. The Morgan fingerprint density at radius 1 is 1.24 bits per heavy atom. The minimum atomic E-state index is 0.130. The summed E-state index contributed by atoms with van der Waals surface area (Å²) in [5, 5.41) is 8.11. The van der Waals surface area contributed by atoms with Gasteiger partial charge in [0.25, 0.3) is 0 Å². The maximum atomic E-state index is 4.74. The van der Waals surface area contributed by atoms with Gasteiger partial charge in [0.05, 0.1) is 21.4 Å². The summed E-state index contributed by atoms with van der Waals surface area (Å²) in [4.78, 5) is 10.6. The van der Waals surface area contributed by atoms with Crippen LogP contribution in [-0.4, -0.2) is 16.5 Å². The highest BCUT2D eigenvalue weighted by Gasteiger charge is 2.22. The molecule has 2 aromatic heterocycles. The molecule has 2 rings (SSSR count). The number of thiazole rings is 2. The fourth-order valence-electron chi connectivity index (χ4n) is 2.16. The van der Waals surface area contributed by atoms with E-state index >= 15 is 0 Å². The lowest BCUT2D eigenvalue weighted by molar-refractivity contribution is 0.577. The molecule has 1 atom stereocenters. The molecule has 1 N–H and O–H groups in total. The second-order valence-corrected chi connectivity index (χ2v) is 8.60. The molecule has 0 aliphatic carbocycles. The third-order valence-corrected chi connectivity index (χ3v) is 5.95. The van der Waals surface area contributed by atoms with Gasteiger partial charge in [0.15, 0.2) is 0 Å². The summed E-state index contributed by atoms with van der Waals surface area (Å²) in [6.07, 6.45) is 0.985. The Labute approximate surface area is 135 Å². The topological polar surface area (TPSA) is 37.8 Å². The Kier molecular flexibility index (Phi) is 5.17. The van der Waals surface area contributed by atoms with Gasteiger partial charge in [0.2, 0.25) is 0 Å². The van der Waals surface area contributed by atoms with Crippen molar-refractivity contribution >= 4 is 22.7 Å². The van der Waals surface area contributed by atoms with E-state index in [0.717, 1.165) is 23.7 Å². The molecule has 0 saturated heterocycles.